The number of nitrogens with two attached hydrogens (primary N) is 1. The fraction of sp³-hybridized carbons (Fsp3) is 0.261. The lowest BCUT2D eigenvalue weighted by Gasteiger charge is -2.30. The number of rotatable bonds is 7. The van der Waals surface area contributed by atoms with E-state index in [1.54, 1.807) is 12.1 Å². The molecule has 162 valence electrons. The van der Waals surface area contributed by atoms with Crippen molar-refractivity contribution in [2.45, 2.75) is 30.7 Å². The van der Waals surface area contributed by atoms with Crippen molar-refractivity contribution in [2.75, 3.05) is 11.3 Å². The minimum absolute atomic E-state index is 0.00130. The molecular formula is C23H23ClFN3O2S. The highest BCUT2D eigenvalue weighted by Gasteiger charge is 2.27. The van der Waals surface area contributed by atoms with Crippen LogP contribution in [0.15, 0.2) is 64.0 Å². The predicted octanol–water partition coefficient (Wildman–Crippen LogP) is 6.09. The van der Waals surface area contributed by atoms with E-state index in [4.69, 9.17) is 26.6 Å². The van der Waals surface area contributed by atoms with Crippen LogP contribution < -0.4 is 15.2 Å². The molecule has 2 atom stereocenters. The molecule has 2 aromatic carbocycles. The van der Waals surface area contributed by atoms with Gasteiger partial charge in [0.05, 0.1) is 11.6 Å². The molecular weight excluding hydrogens is 437 g/mol. The van der Waals surface area contributed by atoms with Gasteiger partial charge in [-0.1, -0.05) is 35.0 Å². The summed E-state index contributed by atoms with van der Waals surface area (Å²) in [6.45, 7) is 2.23. The Bertz CT molecular complexity index is 1070. The summed E-state index contributed by atoms with van der Waals surface area (Å²) in [5.41, 5.74) is 8.47. The minimum Gasteiger partial charge on any atom is -0.491 e. The van der Waals surface area contributed by atoms with Crippen molar-refractivity contribution in [3.63, 3.8) is 0 Å². The Balaban J connectivity index is 1.41. The molecule has 31 heavy (non-hydrogen) atoms. The number of aryl methyl sites for hydroxylation is 1. The molecule has 1 aliphatic rings. The zero-order valence-electron chi connectivity index (χ0n) is 17.0. The number of nitrogens with one attached hydrogen (secondary N) is 1. The molecule has 0 radical (unpaired) electrons. The number of anilines is 1. The van der Waals surface area contributed by atoms with Crippen molar-refractivity contribution in [1.82, 2.24) is 5.16 Å². The van der Waals surface area contributed by atoms with E-state index in [-0.39, 0.29) is 17.8 Å². The van der Waals surface area contributed by atoms with Crippen molar-refractivity contribution in [3.05, 3.63) is 76.8 Å². The van der Waals surface area contributed by atoms with Gasteiger partial charge in [-0.3, -0.25) is 0 Å². The Morgan fingerprint density at radius 1 is 1.26 bits per heavy atom. The molecule has 1 aliphatic carbocycles. The Kier molecular flexibility index (Phi) is 6.85. The Morgan fingerprint density at radius 3 is 2.77 bits per heavy atom. The van der Waals surface area contributed by atoms with Crippen LogP contribution in [-0.4, -0.2) is 17.8 Å². The molecule has 0 aliphatic heterocycles. The quantitative estimate of drug-likeness (QED) is 0.416. The summed E-state index contributed by atoms with van der Waals surface area (Å²) < 4.78 is 27.5. The zero-order chi connectivity index (χ0) is 21.8. The van der Waals surface area contributed by atoms with E-state index in [2.05, 4.69) is 16.0 Å². The van der Waals surface area contributed by atoms with Crippen LogP contribution in [0.3, 0.4) is 0 Å². The van der Waals surface area contributed by atoms with Crippen LogP contribution >= 0.6 is 23.5 Å². The van der Waals surface area contributed by atoms with Gasteiger partial charge in [0.1, 0.15) is 17.3 Å². The molecule has 3 N–H and O–H groups in total. The van der Waals surface area contributed by atoms with E-state index in [0.717, 1.165) is 34.6 Å². The Hall–Kier alpha value is -2.48. The van der Waals surface area contributed by atoms with E-state index in [1.807, 2.05) is 31.2 Å². The van der Waals surface area contributed by atoms with Crippen LogP contribution in [0.5, 0.6) is 5.75 Å². The van der Waals surface area contributed by atoms with Crippen molar-refractivity contribution >= 4 is 34.9 Å². The number of allylic oxidation sites excluding steroid dienone is 1. The zero-order valence-corrected chi connectivity index (χ0v) is 18.5. The van der Waals surface area contributed by atoms with Gasteiger partial charge in [-0.25, -0.2) is 4.39 Å². The number of nitrogens with zero attached hydrogens (tertiary/aromatic N) is 1. The molecule has 0 amide bonds. The van der Waals surface area contributed by atoms with Gasteiger partial charge >= 0.3 is 0 Å². The number of benzene rings is 2. The minimum atomic E-state index is -0.254. The highest BCUT2D eigenvalue weighted by atomic mass is 35.5. The summed E-state index contributed by atoms with van der Waals surface area (Å²) in [4.78, 5) is 0.916. The fourth-order valence-corrected chi connectivity index (χ4v) is 4.50. The molecule has 4 rings (SSSR count). The van der Waals surface area contributed by atoms with Crippen molar-refractivity contribution in [3.8, 4) is 5.75 Å². The monoisotopic (exact) mass is 459 g/mol. The number of hydrogen-bond donors (Lipinski definition) is 2. The average Bonchev–Trinajstić information content (AvgIpc) is 3.18. The lowest BCUT2D eigenvalue weighted by molar-refractivity contribution is 0.253. The summed E-state index contributed by atoms with van der Waals surface area (Å²) in [6.07, 6.45) is 3.95. The maximum Gasteiger partial charge on any atom is 0.179 e. The standard InChI is InChI=1S/C23H23ClFN3O2S/c1-14-11-23(27-30-14)28-31-17-9-10-22(20(24)12-17)29-13-19-18(3-2-4-21(19)26)15-5-7-16(25)8-6-15/h3,5-12,19,21H,2,4,13,26H2,1H3,(H,27,28). The van der Waals surface area contributed by atoms with E-state index in [0.29, 0.717) is 23.2 Å². The first-order valence-corrected chi connectivity index (χ1v) is 11.2. The summed E-state index contributed by atoms with van der Waals surface area (Å²) in [6, 6.07) is 13.9. The molecule has 0 spiro atoms. The molecule has 5 nitrogen and oxygen atoms in total. The summed E-state index contributed by atoms with van der Waals surface area (Å²) in [5, 5.41) is 4.41. The van der Waals surface area contributed by atoms with Crippen LogP contribution in [0.4, 0.5) is 10.2 Å². The molecule has 1 heterocycles. The van der Waals surface area contributed by atoms with Gasteiger partial charge < -0.3 is 19.7 Å². The van der Waals surface area contributed by atoms with Crippen LogP contribution in [0.25, 0.3) is 5.57 Å². The molecule has 0 fully saturated rings. The Morgan fingerprint density at radius 2 is 2.06 bits per heavy atom. The van der Waals surface area contributed by atoms with Crippen molar-refractivity contribution < 1.29 is 13.7 Å². The first-order chi connectivity index (χ1) is 15.0. The summed E-state index contributed by atoms with van der Waals surface area (Å²) in [7, 11) is 0. The van der Waals surface area contributed by atoms with Gasteiger partial charge in [0.2, 0.25) is 0 Å². The number of ether oxygens (including phenoxy) is 1. The fourth-order valence-electron chi connectivity index (χ4n) is 3.57. The smallest absolute Gasteiger partial charge is 0.179 e. The molecule has 8 heteroatoms. The van der Waals surface area contributed by atoms with E-state index < -0.39 is 0 Å². The first-order valence-electron chi connectivity index (χ1n) is 9.99. The normalized spacial score (nSPS) is 18.5. The second-order valence-corrected chi connectivity index (χ2v) is 8.73. The van der Waals surface area contributed by atoms with E-state index in [1.165, 1.54) is 24.1 Å². The molecule has 0 saturated carbocycles. The highest BCUT2D eigenvalue weighted by Crippen LogP contribution is 2.35. The second kappa shape index (κ2) is 9.77. The third-order valence-corrected chi connectivity index (χ3v) is 6.28. The molecule has 2 unspecified atom stereocenters. The Labute approximate surface area is 189 Å². The van der Waals surface area contributed by atoms with Gasteiger partial charge in [0, 0.05) is 22.9 Å². The van der Waals surface area contributed by atoms with E-state index in [9.17, 15) is 4.39 Å². The van der Waals surface area contributed by atoms with Crippen LogP contribution in [-0.2, 0) is 0 Å². The lowest BCUT2D eigenvalue weighted by Crippen LogP contribution is -2.36. The largest absolute Gasteiger partial charge is 0.491 e. The van der Waals surface area contributed by atoms with Crippen LogP contribution in [0, 0.1) is 18.7 Å². The van der Waals surface area contributed by atoms with Gasteiger partial charge in [-0.2, -0.15) is 0 Å². The van der Waals surface area contributed by atoms with Gasteiger partial charge in [0.25, 0.3) is 0 Å². The predicted molar refractivity (Wildman–Crippen MR) is 123 cm³/mol. The van der Waals surface area contributed by atoms with Crippen molar-refractivity contribution in [2.24, 2.45) is 11.7 Å². The lowest BCUT2D eigenvalue weighted by atomic mass is 9.81. The summed E-state index contributed by atoms with van der Waals surface area (Å²) in [5.74, 6) is 1.72. The molecule has 0 saturated heterocycles. The van der Waals surface area contributed by atoms with Crippen LogP contribution in [0.1, 0.15) is 24.2 Å². The van der Waals surface area contributed by atoms with Gasteiger partial charge in [0.15, 0.2) is 5.82 Å². The maximum absolute atomic E-state index is 13.3. The molecule has 0 bridgehead atoms. The number of halogens is 2. The van der Waals surface area contributed by atoms with E-state index >= 15 is 0 Å². The second-order valence-electron chi connectivity index (χ2n) is 7.44. The SMILES string of the molecule is Cc1cc(NSc2ccc(OCC3C(c4ccc(F)cc4)=CCCC3N)c(Cl)c2)no1. The molecule has 3 aromatic rings. The number of hydrogen-bond acceptors (Lipinski definition) is 6. The third-order valence-electron chi connectivity index (χ3n) is 5.18. The average molecular weight is 460 g/mol. The van der Waals surface area contributed by atoms with Crippen LogP contribution in [0.2, 0.25) is 5.02 Å². The third kappa shape index (κ3) is 5.42. The topological polar surface area (TPSA) is 73.3 Å². The number of aromatic nitrogens is 1. The first kappa shape index (κ1) is 21.7. The van der Waals surface area contributed by atoms with Crippen molar-refractivity contribution in [1.29, 1.82) is 0 Å². The van der Waals surface area contributed by atoms with Gasteiger partial charge in [-0.15, -0.1) is 0 Å². The van der Waals surface area contributed by atoms with Gasteiger partial charge in [-0.05, 0) is 73.2 Å². The highest BCUT2D eigenvalue weighted by molar-refractivity contribution is 8.00. The maximum atomic E-state index is 13.3. The molecule has 1 aromatic heterocycles. The summed E-state index contributed by atoms with van der Waals surface area (Å²) >= 11 is 7.84.